The van der Waals surface area contributed by atoms with Crippen LogP contribution in [0.5, 0.6) is 11.5 Å². The van der Waals surface area contributed by atoms with Crippen LogP contribution in [0.3, 0.4) is 0 Å². The number of hydrogen-bond acceptors (Lipinski definition) is 7. The van der Waals surface area contributed by atoms with Crippen molar-refractivity contribution in [2.45, 2.75) is 32.4 Å². The minimum absolute atomic E-state index is 0.0561. The fourth-order valence-electron chi connectivity index (χ4n) is 3.57. The number of ether oxygens (including phenoxy) is 2. The predicted molar refractivity (Wildman–Crippen MR) is 105 cm³/mol. The summed E-state index contributed by atoms with van der Waals surface area (Å²) in [5.74, 6) is 2.41. The Morgan fingerprint density at radius 2 is 1.68 bits per heavy atom. The Morgan fingerprint density at radius 3 is 2.36 bits per heavy atom. The molecule has 1 aliphatic heterocycles. The van der Waals surface area contributed by atoms with Crippen molar-refractivity contribution in [2.75, 3.05) is 14.2 Å². The summed E-state index contributed by atoms with van der Waals surface area (Å²) in [5.41, 5.74) is 11.2. The Balaban J connectivity index is 1.54. The number of nitrogens with zero attached hydrogens (tertiary/aromatic N) is 2. The first kappa shape index (κ1) is 18.5. The lowest BCUT2D eigenvalue weighted by molar-refractivity contribution is 0.340. The maximum absolute atomic E-state index is 5.54. The van der Waals surface area contributed by atoms with Gasteiger partial charge in [-0.25, -0.2) is 10.9 Å². The van der Waals surface area contributed by atoms with Crippen molar-refractivity contribution in [2.24, 2.45) is 0 Å². The van der Waals surface area contributed by atoms with Crippen LogP contribution in [0.1, 0.15) is 41.1 Å². The number of aromatic nitrogens is 2. The van der Waals surface area contributed by atoms with Gasteiger partial charge in [-0.05, 0) is 43.5 Å². The summed E-state index contributed by atoms with van der Waals surface area (Å²) in [4.78, 5) is 4.59. The largest absolute Gasteiger partial charge is 0.497 e. The number of nitrogens with one attached hydrogen (secondary N) is 2. The molecule has 1 aliphatic rings. The summed E-state index contributed by atoms with van der Waals surface area (Å²) in [7, 11) is 3.23. The van der Waals surface area contributed by atoms with E-state index in [1.54, 1.807) is 20.3 Å². The molecule has 0 spiro atoms. The van der Waals surface area contributed by atoms with Gasteiger partial charge in [-0.2, -0.15) is 4.98 Å². The van der Waals surface area contributed by atoms with E-state index in [0.29, 0.717) is 23.2 Å². The summed E-state index contributed by atoms with van der Waals surface area (Å²) in [6, 6.07) is 12.2. The van der Waals surface area contributed by atoms with E-state index >= 15 is 0 Å². The van der Waals surface area contributed by atoms with Crippen molar-refractivity contribution in [3.63, 3.8) is 0 Å². The highest BCUT2D eigenvalue weighted by Gasteiger charge is 2.31. The molecule has 2 aromatic carbocycles. The van der Waals surface area contributed by atoms with E-state index in [2.05, 4.69) is 53.0 Å². The standard InChI is InChI=1S/C21H24N4O3/c1-12-5-6-17(13(2)7-12)18-11-19(24-23-18)21-22-20(25-28-21)14-8-15(26-3)10-16(9-14)27-4/h5-10,18-19,23-24H,11H2,1-4H3. The molecule has 2 heterocycles. The van der Waals surface area contributed by atoms with Gasteiger partial charge >= 0.3 is 0 Å². The zero-order valence-corrected chi connectivity index (χ0v) is 16.4. The molecule has 28 heavy (non-hydrogen) atoms. The van der Waals surface area contributed by atoms with Gasteiger partial charge in [0.1, 0.15) is 17.5 Å². The molecular formula is C21H24N4O3. The van der Waals surface area contributed by atoms with E-state index in [9.17, 15) is 0 Å². The van der Waals surface area contributed by atoms with Gasteiger partial charge in [0, 0.05) is 17.7 Å². The Hall–Kier alpha value is -2.90. The lowest BCUT2D eigenvalue weighted by atomic mass is 9.96. The van der Waals surface area contributed by atoms with E-state index in [4.69, 9.17) is 14.0 Å². The van der Waals surface area contributed by atoms with E-state index < -0.39 is 0 Å². The molecule has 0 bridgehead atoms. The van der Waals surface area contributed by atoms with Crippen molar-refractivity contribution >= 4 is 0 Å². The maximum Gasteiger partial charge on any atom is 0.245 e. The topological polar surface area (TPSA) is 81.4 Å². The summed E-state index contributed by atoms with van der Waals surface area (Å²) in [6.07, 6.45) is 0.826. The summed E-state index contributed by atoms with van der Waals surface area (Å²) in [5, 5.41) is 4.14. The number of aryl methyl sites for hydroxylation is 2. The second-order valence-corrected chi connectivity index (χ2v) is 7.05. The van der Waals surface area contributed by atoms with Gasteiger partial charge in [0.05, 0.1) is 14.2 Å². The Bertz CT molecular complexity index is 963. The molecule has 2 atom stereocenters. The third-order valence-corrected chi connectivity index (χ3v) is 5.05. The third-order valence-electron chi connectivity index (χ3n) is 5.05. The molecule has 7 heteroatoms. The average Bonchev–Trinajstić information content (AvgIpc) is 3.37. The first-order valence-corrected chi connectivity index (χ1v) is 9.22. The molecular weight excluding hydrogens is 356 g/mol. The van der Waals surface area contributed by atoms with Crippen molar-refractivity contribution < 1.29 is 14.0 Å². The molecule has 0 radical (unpaired) electrons. The lowest BCUT2D eigenvalue weighted by Gasteiger charge is -2.13. The van der Waals surface area contributed by atoms with Crippen LogP contribution in [0.4, 0.5) is 0 Å². The van der Waals surface area contributed by atoms with E-state index in [1.165, 1.54) is 16.7 Å². The maximum atomic E-state index is 5.54. The molecule has 4 rings (SSSR count). The summed E-state index contributed by atoms with van der Waals surface area (Å²) >= 11 is 0. The fraction of sp³-hybridized carbons (Fsp3) is 0.333. The van der Waals surface area contributed by atoms with Crippen LogP contribution in [0.15, 0.2) is 40.9 Å². The van der Waals surface area contributed by atoms with E-state index in [-0.39, 0.29) is 12.1 Å². The molecule has 0 saturated carbocycles. The smallest absolute Gasteiger partial charge is 0.245 e. The summed E-state index contributed by atoms with van der Waals surface area (Å²) in [6.45, 7) is 4.24. The predicted octanol–water partition coefficient (Wildman–Crippen LogP) is 3.65. The second-order valence-electron chi connectivity index (χ2n) is 7.05. The molecule has 146 valence electrons. The highest BCUT2D eigenvalue weighted by Crippen LogP contribution is 2.33. The zero-order chi connectivity index (χ0) is 19.7. The number of hydrazine groups is 1. The SMILES string of the molecule is COc1cc(OC)cc(-c2noc(C3CC(c4ccc(C)cc4C)NN3)n2)c1. The van der Waals surface area contributed by atoms with Gasteiger partial charge in [0.2, 0.25) is 11.7 Å². The first-order chi connectivity index (χ1) is 13.6. The van der Waals surface area contributed by atoms with E-state index in [1.807, 2.05) is 12.1 Å². The molecule has 0 amide bonds. The van der Waals surface area contributed by atoms with Crippen LogP contribution in [0.2, 0.25) is 0 Å². The van der Waals surface area contributed by atoms with Crippen molar-refractivity contribution in [1.29, 1.82) is 0 Å². The minimum Gasteiger partial charge on any atom is -0.497 e. The van der Waals surface area contributed by atoms with Gasteiger partial charge in [0.25, 0.3) is 0 Å². The molecule has 1 fully saturated rings. The van der Waals surface area contributed by atoms with Crippen LogP contribution in [-0.4, -0.2) is 24.4 Å². The number of hydrogen-bond donors (Lipinski definition) is 2. The molecule has 1 saturated heterocycles. The van der Waals surface area contributed by atoms with Crippen LogP contribution >= 0.6 is 0 Å². The van der Waals surface area contributed by atoms with Crippen LogP contribution in [0, 0.1) is 13.8 Å². The van der Waals surface area contributed by atoms with Gasteiger partial charge in [-0.15, -0.1) is 0 Å². The highest BCUT2D eigenvalue weighted by molar-refractivity contribution is 5.60. The zero-order valence-electron chi connectivity index (χ0n) is 16.4. The molecule has 2 N–H and O–H groups in total. The normalized spacial score (nSPS) is 19.0. The van der Waals surface area contributed by atoms with Crippen molar-refractivity contribution in [3.05, 3.63) is 59.0 Å². The van der Waals surface area contributed by atoms with Crippen LogP contribution in [0.25, 0.3) is 11.4 Å². The lowest BCUT2D eigenvalue weighted by Crippen LogP contribution is -2.27. The Kier molecular flexibility index (Phi) is 5.02. The second kappa shape index (κ2) is 7.61. The molecule has 0 aliphatic carbocycles. The Morgan fingerprint density at radius 1 is 0.964 bits per heavy atom. The monoisotopic (exact) mass is 380 g/mol. The minimum atomic E-state index is -0.0561. The van der Waals surface area contributed by atoms with E-state index in [0.717, 1.165) is 12.0 Å². The third kappa shape index (κ3) is 3.58. The first-order valence-electron chi connectivity index (χ1n) is 9.22. The molecule has 7 nitrogen and oxygen atoms in total. The fourth-order valence-corrected chi connectivity index (χ4v) is 3.57. The molecule has 2 unspecified atom stereocenters. The van der Waals surface area contributed by atoms with Gasteiger partial charge in [-0.1, -0.05) is 28.9 Å². The quantitative estimate of drug-likeness (QED) is 0.699. The number of methoxy groups -OCH3 is 2. The van der Waals surface area contributed by atoms with Gasteiger partial charge in [0.15, 0.2) is 0 Å². The molecule has 3 aromatic rings. The summed E-state index contributed by atoms with van der Waals surface area (Å²) < 4.78 is 16.2. The average molecular weight is 380 g/mol. The van der Waals surface area contributed by atoms with Gasteiger partial charge in [-0.3, -0.25) is 0 Å². The number of benzene rings is 2. The van der Waals surface area contributed by atoms with Crippen LogP contribution < -0.4 is 20.3 Å². The highest BCUT2D eigenvalue weighted by atomic mass is 16.5. The Labute approximate surface area is 164 Å². The van der Waals surface area contributed by atoms with Crippen LogP contribution in [-0.2, 0) is 0 Å². The number of rotatable bonds is 5. The van der Waals surface area contributed by atoms with Gasteiger partial charge < -0.3 is 14.0 Å². The van der Waals surface area contributed by atoms with Crippen molar-refractivity contribution in [3.8, 4) is 22.9 Å². The molecule has 1 aromatic heterocycles. The van der Waals surface area contributed by atoms with Crippen molar-refractivity contribution in [1.82, 2.24) is 21.0 Å².